The minimum atomic E-state index is -0.341. The highest BCUT2D eigenvalue weighted by Crippen LogP contribution is 2.42. The van der Waals surface area contributed by atoms with Gasteiger partial charge in [-0.15, -0.1) is 0 Å². The average Bonchev–Trinajstić information content (AvgIpc) is 2.86. The van der Waals surface area contributed by atoms with Crippen molar-refractivity contribution >= 4 is 29.3 Å². The number of para-hydroxylation sites is 1. The van der Waals surface area contributed by atoms with Crippen LogP contribution in [0.15, 0.2) is 71.2 Å². The van der Waals surface area contributed by atoms with Crippen LogP contribution in [0.5, 0.6) is 5.75 Å². The number of ether oxygens (including phenoxy) is 1. The molecule has 1 fully saturated rings. The van der Waals surface area contributed by atoms with Gasteiger partial charge in [-0.2, -0.15) is 0 Å². The second kappa shape index (κ2) is 12.9. The van der Waals surface area contributed by atoms with Crippen LogP contribution in [-0.2, 0) is 9.59 Å². The van der Waals surface area contributed by atoms with Gasteiger partial charge >= 0.3 is 0 Å². The summed E-state index contributed by atoms with van der Waals surface area (Å²) >= 11 is 6.07. The zero-order valence-electron chi connectivity index (χ0n) is 22.5. The van der Waals surface area contributed by atoms with E-state index < -0.39 is 0 Å². The van der Waals surface area contributed by atoms with Crippen molar-refractivity contribution in [2.24, 2.45) is 10.4 Å². The summed E-state index contributed by atoms with van der Waals surface area (Å²) in [6.45, 7) is 9.57. The highest BCUT2D eigenvalue weighted by Gasteiger charge is 2.38. The van der Waals surface area contributed by atoms with Gasteiger partial charge in [0.25, 0.3) is 5.91 Å². The molecule has 3 rings (SSSR count). The molecule has 7 heteroatoms. The van der Waals surface area contributed by atoms with Crippen molar-refractivity contribution in [3.63, 3.8) is 0 Å². The summed E-state index contributed by atoms with van der Waals surface area (Å²) in [5.74, 6) is 0.937. The fraction of sp³-hybridized carbons (Fsp3) is 0.433. The van der Waals surface area contributed by atoms with Crippen LogP contribution in [0.25, 0.3) is 0 Å². The Bertz CT molecular complexity index is 1130. The quantitative estimate of drug-likeness (QED) is 0.261. The lowest BCUT2D eigenvalue weighted by Crippen LogP contribution is -2.49. The molecular formula is C30H38ClN3O3. The number of allylic oxidation sites excluding steroid dienone is 1. The summed E-state index contributed by atoms with van der Waals surface area (Å²) in [6.07, 6.45) is 3.55. The van der Waals surface area contributed by atoms with Gasteiger partial charge in [0, 0.05) is 37.6 Å². The third-order valence-corrected chi connectivity index (χ3v) is 7.01. The minimum Gasteiger partial charge on any atom is -0.439 e. The molecule has 0 aromatic heterocycles. The molecule has 0 aliphatic carbocycles. The lowest BCUT2D eigenvalue weighted by atomic mass is 9.70. The summed E-state index contributed by atoms with van der Waals surface area (Å²) in [7, 11) is 1.59. The van der Waals surface area contributed by atoms with Gasteiger partial charge in [-0.3, -0.25) is 14.6 Å². The summed E-state index contributed by atoms with van der Waals surface area (Å²) in [5.41, 5.74) is 1.54. The number of likely N-dealkylation sites (tertiary alicyclic amines) is 1. The Morgan fingerprint density at radius 2 is 1.86 bits per heavy atom. The summed E-state index contributed by atoms with van der Waals surface area (Å²) in [4.78, 5) is 32.5. The van der Waals surface area contributed by atoms with Crippen LogP contribution in [0.3, 0.4) is 0 Å². The molecule has 0 spiro atoms. The van der Waals surface area contributed by atoms with E-state index in [1.165, 1.54) is 5.56 Å². The fourth-order valence-electron chi connectivity index (χ4n) is 4.93. The van der Waals surface area contributed by atoms with Crippen LogP contribution in [0.1, 0.15) is 58.4 Å². The highest BCUT2D eigenvalue weighted by atomic mass is 35.5. The number of hydrogen-bond acceptors (Lipinski definition) is 4. The second-order valence-electron chi connectivity index (χ2n) is 10.2. The maximum absolute atomic E-state index is 13.2. The zero-order valence-corrected chi connectivity index (χ0v) is 23.2. The lowest BCUT2D eigenvalue weighted by molar-refractivity contribution is -0.135. The number of aliphatic imine (C=N–C) groups is 1. The number of amides is 2. The first kappa shape index (κ1) is 28.5. The van der Waals surface area contributed by atoms with E-state index in [-0.39, 0.29) is 35.6 Å². The van der Waals surface area contributed by atoms with Crippen molar-refractivity contribution in [3.05, 3.63) is 76.8 Å². The molecule has 0 bridgehead atoms. The monoisotopic (exact) mass is 523 g/mol. The number of rotatable bonds is 8. The lowest BCUT2D eigenvalue weighted by Gasteiger charge is -2.45. The Labute approximate surface area is 225 Å². The number of carbonyl (C=O) groups is 2. The molecule has 198 valence electrons. The smallest absolute Gasteiger partial charge is 0.256 e. The molecule has 0 radical (unpaired) electrons. The summed E-state index contributed by atoms with van der Waals surface area (Å²) in [6, 6.07) is 16.9. The zero-order chi connectivity index (χ0) is 27.0. The van der Waals surface area contributed by atoms with Crippen LogP contribution in [-0.4, -0.2) is 48.8 Å². The number of nitrogens with one attached hydrogen (secondary N) is 1. The molecule has 2 aromatic rings. The van der Waals surface area contributed by atoms with Crippen molar-refractivity contribution in [1.29, 1.82) is 0 Å². The standard InChI is InChI=1S/C30H38ClN3O3/c1-6-10-25(29(32-5)37-24-11-8-7-9-12-24)28(36)33-21(2)19-27(35)34-18-17-26(30(3,4)20-34)22-13-15-23(31)16-14-22/h7-16,21,26H,6,17-20H2,1-5H3,(H,33,36)/b25-10-,32-29?/t21-,26?/m1/s1. The first-order valence-corrected chi connectivity index (χ1v) is 13.3. The van der Waals surface area contributed by atoms with Gasteiger partial charge in [0.15, 0.2) is 0 Å². The molecule has 0 saturated carbocycles. The van der Waals surface area contributed by atoms with Crippen LogP contribution < -0.4 is 10.1 Å². The Morgan fingerprint density at radius 1 is 1.19 bits per heavy atom. The Kier molecular flexibility index (Phi) is 9.93. The highest BCUT2D eigenvalue weighted by molar-refractivity contribution is 6.30. The van der Waals surface area contributed by atoms with E-state index in [1.54, 1.807) is 13.1 Å². The van der Waals surface area contributed by atoms with Crippen molar-refractivity contribution in [2.75, 3.05) is 20.1 Å². The van der Waals surface area contributed by atoms with Gasteiger partial charge in [0.05, 0.1) is 5.57 Å². The minimum absolute atomic E-state index is 0.0429. The number of benzene rings is 2. The van der Waals surface area contributed by atoms with Gasteiger partial charge in [-0.25, -0.2) is 0 Å². The molecule has 2 atom stereocenters. The Hall–Kier alpha value is -3.12. The summed E-state index contributed by atoms with van der Waals surface area (Å²) in [5, 5.41) is 3.70. The maximum Gasteiger partial charge on any atom is 0.256 e. The first-order valence-electron chi connectivity index (χ1n) is 12.9. The van der Waals surface area contributed by atoms with E-state index in [0.717, 1.165) is 11.4 Å². The molecule has 1 N–H and O–H groups in total. The molecule has 2 amide bonds. The molecule has 1 heterocycles. The SMILES string of the molecule is CC/C=C(/C(=O)N[C@H](C)CC(=O)N1CCC(c2ccc(Cl)cc2)C(C)(C)C1)C(=NC)Oc1ccccc1. The van der Waals surface area contributed by atoms with Crippen LogP contribution in [0, 0.1) is 5.41 Å². The van der Waals surface area contributed by atoms with E-state index in [9.17, 15) is 9.59 Å². The predicted molar refractivity (Wildman–Crippen MR) is 150 cm³/mol. The normalized spacial score (nSPS) is 18.8. The third kappa shape index (κ3) is 7.68. The fourth-order valence-corrected chi connectivity index (χ4v) is 5.05. The van der Waals surface area contributed by atoms with Gasteiger partial charge < -0.3 is 15.0 Å². The van der Waals surface area contributed by atoms with Crippen LogP contribution in [0.4, 0.5) is 0 Å². The Balaban J connectivity index is 1.60. The van der Waals surface area contributed by atoms with E-state index >= 15 is 0 Å². The van der Waals surface area contributed by atoms with Gasteiger partial charge in [-0.1, -0.05) is 68.8 Å². The predicted octanol–water partition coefficient (Wildman–Crippen LogP) is 6.02. The van der Waals surface area contributed by atoms with Crippen molar-refractivity contribution in [1.82, 2.24) is 10.2 Å². The maximum atomic E-state index is 13.2. The summed E-state index contributed by atoms with van der Waals surface area (Å²) < 4.78 is 5.87. The molecule has 1 unspecified atom stereocenters. The second-order valence-corrected chi connectivity index (χ2v) is 10.7. The van der Waals surface area contributed by atoms with E-state index in [1.807, 2.05) is 61.2 Å². The van der Waals surface area contributed by atoms with E-state index in [0.29, 0.717) is 36.8 Å². The van der Waals surface area contributed by atoms with Crippen molar-refractivity contribution in [2.45, 2.75) is 58.9 Å². The number of carbonyl (C=O) groups excluding carboxylic acids is 2. The molecule has 1 aliphatic rings. The van der Waals surface area contributed by atoms with Gasteiger partial charge in [-0.05, 0) is 60.9 Å². The molecule has 1 aliphatic heterocycles. The molecule has 37 heavy (non-hydrogen) atoms. The van der Waals surface area contributed by atoms with Crippen molar-refractivity contribution < 1.29 is 14.3 Å². The molecule has 2 aromatic carbocycles. The molecular weight excluding hydrogens is 486 g/mol. The topological polar surface area (TPSA) is 71.0 Å². The largest absolute Gasteiger partial charge is 0.439 e. The van der Waals surface area contributed by atoms with Crippen molar-refractivity contribution in [3.8, 4) is 5.75 Å². The van der Waals surface area contributed by atoms with Crippen LogP contribution >= 0.6 is 11.6 Å². The number of hydrogen-bond donors (Lipinski definition) is 1. The van der Waals surface area contributed by atoms with Gasteiger partial charge in [0.1, 0.15) is 5.75 Å². The third-order valence-electron chi connectivity index (χ3n) is 6.76. The number of halogens is 1. The van der Waals surface area contributed by atoms with E-state index in [2.05, 4.69) is 36.3 Å². The Morgan fingerprint density at radius 3 is 2.46 bits per heavy atom. The van der Waals surface area contributed by atoms with Gasteiger partial charge in [0.2, 0.25) is 11.8 Å². The van der Waals surface area contributed by atoms with Crippen LogP contribution in [0.2, 0.25) is 5.02 Å². The number of nitrogens with zero attached hydrogens (tertiary/aromatic N) is 2. The first-order chi connectivity index (χ1) is 17.6. The molecule has 1 saturated heterocycles. The molecule has 6 nitrogen and oxygen atoms in total. The average molecular weight is 524 g/mol. The number of piperidine rings is 1. The van der Waals surface area contributed by atoms with E-state index in [4.69, 9.17) is 16.3 Å².